The van der Waals surface area contributed by atoms with Gasteiger partial charge in [0.2, 0.25) is 5.82 Å². The van der Waals surface area contributed by atoms with Crippen LogP contribution >= 0.6 is 0 Å². The Morgan fingerprint density at radius 1 is 1.31 bits per heavy atom. The molecule has 0 saturated carbocycles. The minimum Gasteiger partial charge on any atom is -0.368 e. The Hall–Kier alpha value is -3.21. The second-order valence-electron chi connectivity index (χ2n) is 6.54. The number of nitrogens with one attached hydrogen (secondary N) is 3. The summed E-state index contributed by atoms with van der Waals surface area (Å²) in [6, 6.07) is 6.99. The maximum absolute atomic E-state index is 13.0. The fourth-order valence-electron chi connectivity index (χ4n) is 3.04. The molecule has 11 heteroatoms. The Balaban J connectivity index is 1.49. The van der Waals surface area contributed by atoms with Crippen molar-refractivity contribution >= 4 is 28.6 Å². The minimum atomic E-state index is -4.68. The van der Waals surface area contributed by atoms with Crippen molar-refractivity contribution in [1.82, 2.24) is 19.9 Å². The molecule has 1 amide bonds. The van der Waals surface area contributed by atoms with Crippen LogP contribution in [0.3, 0.4) is 0 Å². The van der Waals surface area contributed by atoms with Gasteiger partial charge in [0.1, 0.15) is 11.6 Å². The topological polar surface area (TPSA) is 105 Å². The largest absolute Gasteiger partial charge is 0.451 e. The predicted octanol–water partition coefficient (Wildman–Crippen LogP) is 3.10. The molecule has 3 aromatic rings. The summed E-state index contributed by atoms with van der Waals surface area (Å²) in [6.45, 7) is 0.759. The molecule has 1 aromatic carbocycles. The standard InChI is InChI=1S/C18H17F3N6O2/c19-18(20,21)17-26-14(13-15(27-17)24-9-23-13)22-8-10-3-1-4-11(7-10)25-16(28)12-5-2-6-29-12/h1,3-4,7,9,12H,2,5-6,8H2,(H,25,28)(H2,22,23,24,26,27). The first-order valence-corrected chi connectivity index (χ1v) is 8.94. The molecule has 1 fully saturated rings. The summed E-state index contributed by atoms with van der Waals surface area (Å²) in [5.74, 6) is -1.48. The number of ether oxygens (including phenoxy) is 1. The number of H-pyrrole nitrogens is 1. The number of hydrogen-bond donors (Lipinski definition) is 3. The molecule has 1 unspecified atom stereocenters. The molecule has 1 aliphatic rings. The van der Waals surface area contributed by atoms with Crippen LogP contribution in [0.4, 0.5) is 24.7 Å². The first-order chi connectivity index (χ1) is 13.9. The molecule has 4 rings (SSSR count). The van der Waals surface area contributed by atoms with E-state index in [9.17, 15) is 18.0 Å². The van der Waals surface area contributed by atoms with Crippen LogP contribution < -0.4 is 10.6 Å². The third-order valence-corrected chi connectivity index (χ3v) is 4.42. The van der Waals surface area contributed by atoms with Gasteiger partial charge < -0.3 is 20.4 Å². The van der Waals surface area contributed by atoms with Crippen molar-refractivity contribution < 1.29 is 22.7 Å². The van der Waals surface area contributed by atoms with E-state index in [0.717, 1.165) is 12.0 Å². The molecule has 152 valence electrons. The SMILES string of the molecule is O=C(Nc1cccc(CNc2nc(C(F)(F)F)nc3nc[nH]c23)c1)C1CCCO1. The molecule has 0 spiro atoms. The number of imidazole rings is 1. The average molecular weight is 406 g/mol. The third-order valence-electron chi connectivity index (χ3n) is 4.42. The van der Waals surface area contributed by atoms with Gasteiger partial charge in [-0.2, -0.15) is 13.2 Å². The number of anilines is 2. The summed E-state index contributed by atoms with van der Waals surface area (Å²) < 4.78 is 44.4. The van der Waals surface area contributed by atoms with Crippen molar-refractivity contribution in [2.75, 3.05) is 17.2 Å². The molecule has 1 saturated heterocycles. The van der Waals surface area contributed by atoms with Crippen LogP contribution in [0.5, 0.6) is 0 Å². The average Bonchev–Trinajstić information content (AvgIpc) is 3.37. The third kappa shape index (κ3) is 4.29. The quantitative estimate of drug-likeness (QED) is 0.602. The molecule has 3 heterocycles. The Labute approximate surface area is 162 Å². The highest BCUT2D eigenvalue weighted by Crippen LogP contribution is 2.29. The van der Waals surface area contributed by atoms with Gasteiger partial charge in [-0.15, -0.1) is 0 Å². The van der Waals surface area contributed by atoms with E-state index in [-0.39, 0.29) is 29.4 Å². The van der Waals surface area contributed by atoms with Gasteiger partial charge in [0.15, 0.2) is 11.5 Å². The van der Waals surface area contributed by atoms with Crippen LogP contribution in [0.1, 0.15) is 24.2 Å². The number of fused-ring (bicyclic) bond motifs is 1. The van der Waals surface area contributed by atoms with E-state index in [1.54, 1.807) is 24.3 Å². The molecule has 1 atom stereocenters. The van der Waals surface area contributed by atoms with Crippen LogP contribution in [-0.4, -0.2) is 38.6 Å². The van der Waals surface area contributed by atoms with Crippen molar-refractivity contribution in [1.29, 1.82) is 0 Å². The molecule has 0 bridgehead atoms. The molecule has 3 N–H and O–H groups in total. The van der Waals surface area contributed by atoms with Gasteiger partial charge in [0, 0.05) is 18.8 Å². The van der Waals surface area contributed by atoms with Crippen molar-refractivity contribution in [2.45, 2.75) is 31.7 Å². The number of amides is 1. The van der Waals surface area contributed by atoms with Crippen LogP contribution in [0.15, 0.2) is 30.6 Å². The van der Waals surface area contributed by atoms with Gasteiger partial charge in [-0.1, -0.05) is 12.1 Å². The van der Waals surface area contributed by atoms with Crippen LogP contribution in [-0.2, 0) is 22.3 Å². The summed E-state index contributed by atoms with van der Waals surface area (Å²) in [7, 11) is 0. The summed E-state index contributed by atoms with van der Waals surface area (Å²) in [4.78, 5) is 25.7. The van der Waals surface area contributed by atoms with Crippen LogP contribution in [0, 0.1) is 0 Å². The van der Waals surface area contributed by atoms with Gasteiger partial charge in [-0.3, -0.25) is 4.79 Å². The Bertz CT molecular complexity index is 1030. The summed E-state index contributed by atoms with van der Waals surface area (Å²) in [6.07, 6.45) is -2.35. The molecule has 2 aromatic heterocycles. The second-order valence-corrected chi connectivity index (χ2v) is 6.54. The van der Waals surface area contributed by atoms with E-state index in [0.29, 0.717) is 18.7 Å². The zero-order valence-corrected chi connectivity index (χ0v) is 15.1. The molecule has 8 nitrogen and oxygen atoms in total. The van der Waals surface area contributed by atoms with Gasteiger partial charge in [0.05, 0.1) is 6.33 Å². The van der Waals surface area contributed by atoms with Gasteiger partial charge in [0.25, 0.3) is 5.91 Å². The van der Waals surface area contributed by atoms with Gasteiger partial charge in [-0.25, -0.2) is 15.0 Å². The molecule has 29 heavy (non-hydrogen) atoms. The van der Waals surface area contributed by atoms with Crippen molar-refractivity contribution in [2.24, 2.45) is 0 Å². The second kappa shape index (κ2) is 7.66. The monoisotopic (exact) mass is 406 g/mol. The number of rotatable bonds is 5. The Morgan fingerprint density at radius 2 is 2.17 bits per heavy atom. The number of hydrogen-bond acceptors (Lipinski definition) is 6. The maximum atomic E-state index is 13.0. The highest BCUT2D eigenvalue weighted by Gasteiger charge is 2.36. The minimum absolute atomic E-state index is 0.00591. The lowest BCUT2D eigenvalue weighted by molar-refractivity contribution is -0.144. The van der Waals surface area contributed by atoms with E-state index < -0.39 is 18.1 Å². The number of aromatic nitrogens is 4. The number of benzene rings is 1. The van der Waals surface area contributed by atoms with E-state index >= 15 is 0 Å². The lowest BCUT2D eigenvalue weighted by atomic mass is 10.2. The van der Waals surface area contributed by atoms with Crippen LogP contribution in [0.2, 0.25) is 0 Å². The Morgan fingerprint density at radius 3 is 2.93 bits per heavy atom. The van der Waals surface area contributed by atoms with Gasteiger partial charge >= 0.3 is 6.18 Å². The smallest absolute Gasteiger partial charge is 0.368 e. The molecular weight excluding hydrogens is 389 g/mol. The van der Waals surface area contributed by atoms with E-state index in [4.69, 9.17) is 4.74 Å². The van der Waals surface area contributed by atoms with E-state index in [1.165, 1.54) is 6.33 Å². The first-order valence-electron chi connectivity index (χ1n) is 8.94. The van der Waals surface area contributed by atoms with Crippen LogP contribution in [0.25, 0.3) is 11.2 Å². The normalized spacial score (nSPS) is 16.9. The highest BCUT2D eigenvalue weighted by atomic mass is 19.4. The first kappa shape index (κ1) is 19.1. The Kier molecular flexibility index (Phi) is 5.05. The molecular formula is C18H17F3N6O2. The van der Waals surface area contributed by atoms with E-state index in [1.807, 2.05) is 0 Å². The molecule has 0 radical (unpaired) electrons. The lowest BCUT2D eigenvalue weighted by Crippen LogP contribution is -2.26. The van der Waals surface area contributed by atoms with E-state index in [2.05, 4.69) is 30.6 Å². The number of halogens is 3. The van der Waals surface area contributed by atoms with Crippen molar-refractivity contribution in [3.8, 4) is 0 Å². The summed E-state index contributed by atoms with van der Waals surface area (Å²) in [5.41, 5.74) is 1.53. The lowest BCUT2D eigenvalue weighted by Gasteiger charge is -2.12. The maximum Gasteiger partial charge on any atom is 0.451 e. The number of carbonyl (C=O) groups is 1. The summed E-state index contributed by atoms with van der Waals surface area (Å²) >= 11 is 0. The number of aromatic amines is 1. The van der Waals surface area contributed by atoms with Crippen molar-refractivity contribution in [3.63, 3.8) is 0 Å². The van der Waals surface area contributed by atoms with Crippen molar-refractivity contribution in [3.05, 3.63) is 42.0 Å². The highest BCUT2D eigenvalue weighted by molar-refractivity contribution is 5.94. The molecule has 0 aliphatic carbocycles. The number of alkyl halides is 3. The number of carbonyl (C=O) groups excluding carboxylic acids is 1. The number of nitrogens with zero attached hydrogens (tertiary/aromatic N) is 3. The zero-order valence-electron chi connectivity index (χ0n) is 15.1. The fraction of sp³-hybridized carbons (Fsp3) is 0.333. The summed E-state index contributed by atoms with van der Waals surface area (Å²) in [5, 5.41) is 5.67. The van der Waals surface area contributed by atoms with Gasteiger partial charge in [-0.05, 0) is 30.5 Å². The molecule has 1 aliphatic heterocycles. The predicted molar refractivity (Wildman–Crippen MR) is 98.1 cm³/mol. The zero-order chi connectivity index (χ0) is 20.4. The fourth-order valence-corrected chi connectivity index (χ4v) is 3.04.